The molecule has 2 rings (SSSR count). The quantitative estimate of drug-likeness (QED) is 0.124. The van der Waals surface area contributed by atoms with Crippen molar-refractivity contribution in [2.24, 2.45) is 26.7 Å². The van der Waals surface area contributed by atoms with Crippen molar-refractivity contribution in [3.05, 3.63) is 65.6 Å². The minimum Gasteiger partial charge on any atom is -0.403 e. The topological polar surface area (TPSA) is 156 Å². The molecule has 1 aromatic carbocycles. The van der Waals surface area contributed by atoms with Gasteiger partial charge in [0.2, 0.25) is 5.95 Å². The first-order chi connectivity index (χ1) is 19.0. The van der Waals surface area contributed by atoms with Crippen LogP contribution in [0.1, 0.15) is 71.0 Å². The van der Waals surface area contributed by atoms with Gasteiger partial charge in [-0.3, -0.25) is 14.8 Å². The van der Waals surface area contributed by atoms with Crippen LogP contribution in [0.3, 0.4) is 0 Å². The van der Waals surface area contributed by atoms with Crippen LogP contribution < -0.4 is 22.2 Å². The maximum atomic E-state index is 13.1. The van der Waals surface area contributed by atoms with Crippen LogP contribution in [0, 0.1) is 0 Å². The molecule has 0 fully saturated rings. The number of aliphatic imine (C=N–C) groups is 2. The largest absolute Gasteiger partial charge is 0.403 e. The molecule has 10 heteroatoms. The summed E-state index contributed by atoms with van der Waals surface area (Å²) in [4.78, 5) is 30.5. The molecule has 0 saturated carbocycles. The number of nitrogens with one attached hydrogen (secondary N) is 2. The molecule has 0 aliphatic heterocycles. The minimum absolute atomic E-state index is 0.0761. The third kappa shape index (κ3) is 9.76. The summed E-state index contributed by atoms with van der Waals surface area (Å²) in [5, 5.41) is 9.88. The van der Waals surface area contributed by atoms with Crippen LogP contribution in [0.25, 0.3) is 11.3 Å². The fourth-order valence-electron chi connectivity index (χ4n) is 3.85. The SMILES string of the molecule is C=C(CC)Cc1cc(-c2ccnc(NC(C=NC)=CN)n2)ccc1C(CCC)NC(=O)C(C=NC(C)(C)C)=NN. The number of nitrogens with zero attached hydrogens (tertiary/aromatic N) is 5. The molecule has 0 aliphatic carbocycles. The summed E-state index contributed by atoms with van der Waals surface area (Å²) in [6, 6.07) is 7.74. The molecule has 214 valence electrons. The number of allylic oxidation sites excluding steroid dienone is 2. The number of nitrogens with two attached hydrogens (primary N) is 2. The fraction of sp³-hybridized carbons (Fsp3) is 0.400. The number of aromatic nitrogens is 2. The van der Waals surface area contributed by atoms with E-state index in [-0.39, 0.29) is 23.2 Å². The molecule has 0 aliphatic rings. The second kappa shape index (κ2) is 15.3. The Kier molecular flexibility index (Phi) is 12.2. The molecule has 1 aromatic heterocycles. The molecule has 6 N–H and O–H groups in total. The van der Waals surface area contributed by atoms with E-state index in [9.17, 15) is 4.79 Å². The van der Waals surface area contributed by atoms with Crippen molar-refractivity contribution in [2.45, 2.75) is 71.9 Å². The lowest BCUT2D eigenvalue weighted by Crippen LogP contribution is -2.36. The smallest absolute Gasteiger partial charge is 0.273 e. The van der Waals surface area contributed by atoms with Gasteiger partial charge in [-0.05, 0) is 63.3 Å². The van der Waals surface area contributed by atoms with E-state index < -0.39 is 0 Å². The number of amides is 1. The summed E-state index contributed by atoms with van der Waals surface area (Å²) in [7, 11) is 1.66. The van der Waals surface area contributed by atoms with Crippen molar-refractivity contribution in [3.8, 4) is 11.3 Å². The maximum absolute atomic E-state index is 13.1. The highest BCUT2D eigenvalue weighted by Gasteiger charge is 2.21. The predicted octanol–water partition coefficient (Wildman–Crippen LogP) is 4.71. The van der Waals surface area contributed by atoms with Crippen LogP contribution in [-0.2, 0) is 11.2 Å². The molecular weight excluding hydrogens is 502 g/mol. The highest BCUT2D eigenvalue weighted by atomic mass is 16.2. The molecule has 1 amide bonds. The van der Waals surface area contributed by atoms with Crippen molar-refractivity contribution < 1.29 is 4.79 Å². The zero-order valence-corrected chi connectivity index (χ0v) is 24.5. The summed E-state index contributed by atoms with van der Waals surface area (Å²) in [5.41, 5.74) is 10.8. The summed E-state index contributed by atoms with van der Waals surface area (Å²) in [6.07, 6.45) is 9.23. The molecule has 0 bridgehead atoms. The number of carbonyl (C=O) groups excluding carboxylic acids is 1. The Bertz CT molecular complexity index is 1290. The van der Waals surface area contributed by atoms with Crippen LogP contribution in [0.15, 0.2) is 69.6 Å². The van der Waals surface area contributed by atoms with Crippen LogP contribution in [-0.4, -0.2) is 46.6 Å². The zero-order valence-electron chi connectivity index (χ0n) is 24.5. The first kappa shape index (κ1) is 31.9. The predicted molar refractivity (Wildman–Crippen MR) is 167 cm³/mol. The third-order valence-electron chi connectivity index (χ3n) is 5.94. The number of anilines is 1. The second-order valence-electron chi connectivity index (χ2n) is 10.4. The summed E-state index contributed by atoms with van der Waals surface area (Å²) >= 11 is 0. The van der Waals surface area contributed by atoms with Gasteiger partial charge in [0.25, 0.3) is 5.91 Å². The lowest BCUT2D eigenvalue weighted by molar-refractivity contribution is -0.115. The number of carbonyl (C=O) groups is 1. The van der Waals surface area contributed by atoms with E-state index in [1.54, 1.807) is 19.5 Å². The molecule has 0 saturated heterocycles. The van der Waals surface area contributed by atoms with Crippen molar-refractivity contribution in [1.29, 1.82) is 0 Å². The van der Waals surface area contributed by atoms with E-state index in [0.29, 0.717) is 18.1 Å². The highest BCUT2D eigenvalue weighted by molar-refractivity contribution is 6.60. The van der Waals surface area contributed by atoms with Gasteiger partial charge in [0, 0.05) is 31.2 Å². The first-order valence-electron chi connectivity index (χ1n) is 13.4. The van der Waals surface area contributed by atoms with Crippen LogP contribution in [0.5, 0.6) is 0 Å². The van der Waals surface area contributed by atoms with E-state index in [2.05, 4.69) is 62.2 Å². The van der Waals surface area contributed by atoms with Gasteiger partial charge < -0.3 is 22.2 Å². The van der Waals surface area contributed by atoms with Gasteiger partial charge in [0.15, 0.2) is 5.71 Å². The molecule has 1 atom stereocenters. The van der Waals surface area contributed by atoms with Gasteiger partial charge in [-0.25, -0.2) is 9.97 Å². The third-order valence-corrected chi connectivity index (χ3v) is 5.94. The van der Waals surface area contributed by atoms with E-state index in [0.717, 1.165) is 47.2 Å². The monoisotopic (exact) mass is 545 g/mol. The van der Waals surface area contributed by atoms with Gasteiger partial charge in [0.05, 0.1) is 29.2 Å². The Morgan fingerprint density at radius 1 is 1.20 bits per heavy atom. The maximum Gasteiger partial charge on any atom is 0.273 e. The zero-order chi connectivity index (χ0) is 29.7. The van der Waals surface area contributed by atoms with Gasteiger partial charge in [0.1, 0.15) is 0 Å². The Balaban J connectivity index is 2.48. The lowest BCUT2D eigenvalue weighted by atomic mass is 9.90. The Labute approximate surface area is 237 Å². The molecule has 0 radical (unpaired) electrons. The van der Waals surface area contributed by atoms with E-state index >= 15 is 0 Å². The van der Waals surface area contributed by atoms with Gasteiger partial charge in [-0.15, -0.1) is 0 Å². The number of rotatable bonds is 13. The molecule has 0 spiro atoms. The normalized spacial score (nSPS) is 13.6. The molecule has 2 aromatic rings. The molecule has 1 unspecified atom stereocenters. The summed E-state index contributed by atoms with van der Waals surface area (Å²) in [6.45, 7) is 14.2. The first-order valence-corrected chi connectivity index (χ1v) is 13.4. The molecule has 10 nitrogen and oxygen atoms in total. The number of hydrogen-bond acceptors (Lipinski definition) is 9. The summed E-state index contributed by atoms with van der Waals surface area (Å²) < 4.78 is 0. The van der Waals surface area contributed by atoms with E-state index in [1.165, 1.54) is 12.4 Å². The van der Waals surface area contributed by atoms with Gasteiger partial charge in [-0.1, -0.05) is 44.6 Å². The Morgan fingerprint density at radius 2 is 1.95 bits per heavy atom. The Morgan fingerprint density at radius 3 is 2.55 bits per heavy atom. The van der Waals surface area contributed by atoms with Crippen molar-refractivity contribution >= 4 is 30.0 Å². The lowest BCUT2D eigenvalue weighted by Gasteiger charge is -2.23. The number of benzene rings is 1. The number of hydrogen-bond donors (Lipinski definition) is 4. The van der Waals surface area contributed by atoms with Gasteiger partial charge >= 0.3 is 0 Å². The van der Waals surface area contributed by atoms with Crippen molar-refractivity contribution in [2.75, 3.05) is 12.4 Å². The van der Waals surface area contributed by atoms with E-state index in [1.807, 2.05) is 39.0 Å². The second-order valence-corrected chi connectivity index (χ2v) is 10.4. The van der Waals surface area contributed by atoms with Crippen LogP contribution in [0.4, 0.5) is 5.95 Å². The average molecular weight is 546 g/mol. The summed E-state index contributed by atoms with van der Waals surface area (Å²) in [5.74, 6) is 5.58. The molecule has 1 heterocycles. The van der Waals surface area contributed by atoms with Crippen molar-refractivity contribution in [1.82, 2.24) is 15.3 Å². The van der Waals surface area contributed by atoms with Gasteiger partial charge in [-0.2, -0.15) is 5.10 Å². The van der Waals surface area contributed by atoms with Crippen LogP contribution >= 0.6 is 0 Å². The average Bonchev–Trinajstić information content (AvgIpc) is 2.92. The highest BCUT2D eigenvalue weighted by Crippen LogP contribution is 2.29. The standard InChI is InChI=1S/C30H43N9O/c1-8-10-26(37-28(40)27(39-32)19-35-30(4,5)6)24-12-11-21(16-22(24)15-20(3)9-2)25-13-14-34-29(38-25)36-23(17-31)18-33-7/h11-14,16-19,26H,3,8-10,15,31-32H2,1-2,4-7H3,(H,37,40)(H,34,36,38). The van der Waals surface area contributed by atoms with Crippen LogP contribution in [0.2, 0.25) is 0 Å². The Hall–Kier alpha value is -4.34. The minimum atomic E-state index is -0.371. The molecular formula is C30H43N9O. The fourth-order valence-corrected chi connectivity index (χ4v) is 3.85. The number of hydrazone groups is 1. The van der Waals surface area contributed by atoms with Crippen molar-refractivity contribution in [3.63, 3.8) is 0 Å². The molecule has 40 heavy (non-hydrogen) atoms. The van der Waals surface area contributed by atoms with E-state index in [4.69, 9.17) is 11.6 Å².